The molecule has 3 nitrogen and oxygen atoms in total. The molecule has 0 radical (unpaired) electrons. The quantitative estimate of drug-likeness (QED) is 0.764. The van der Waals surface area contributed by atoms with Crippen LogP contribution in [0.5, 0.6) is 11.5 Å². The molecule has 1 heterocycles. The molecule has 1 aliphatic heterocycles. The Hall–Kier alpha value is -1.22. The van der Waals surface area contributed by atoms with Crippen molar-refractivity contribution < 1.29 is 14.6 Å². The minimum absolute atomic E-state index is 0.289. The van der Waals surface area contributed by atoms with Crippen molar-refractivity contribution in [3.63, 3.8) is 0 Å². The molecule has 3 heteroatoms. The van der Waals surface area contributed by atoms with Gasteiger partial charge in [0, 0.05) is 0 Å². The van der Waals surface area contributed by atoms with Crippen molar-refractivity contribution in [3.8, 4) is 11.5 Å². The highest BCUT2D eigenvalue weighted by Gasteiger charge is 2.44. The van der Waals surface area contributed by atoms with Crippen LogP contribution in [0.3, 0.4) is 0 Å². The molecule has 2 aliphatic rings. The van der Waals surface area contributed by atoms with Gasteiger partial charge in [-0.1, -0.05) is 0 Å². The molecule has 3 rings (SSSR count). The van der Waals surface area contributed by atoms with Gasteiger partial charge in [0.15, 0.2) is 11.5 Å². The molecule has 15 heavy (non-hydrogen) atoms. The predicted molar refractivity (Wildman–Crippen MR) is 55.2 cm³/mol. The Labute approximate surface area is 88.6 Å². The van der Waals surface area contributed by atoms with Gasteiger partial charge in [-0.25, -0.2) is 0 Å². The van der Waals surface area contributed by atoms with Crippen LogP contribution in [0.1, 0.15) is 29.5 Å². The largest absolute Gasteiger partial charge is 0.454 e. The van der Waals surface area contributed by atoms with Crippen LogP contribution in [0, 0.1) is 13.8 Å². The molecule has 0 unspecified atom stereocenters. The summed E-state index contributed by atoms with van der Waals surface area (Å²) in [5.41, 5.74) is 2.61. The first-order valence-corrected chi connectivity index (χ1v) is 5.24. The third-order valence-corrected chi connectivity index (χ3v) is 3.45. The van der Waals surface area contributed by atoms with E-state index in [2.05, 4.69) is 0 Å². The van der Waals surface area contributed by atoms with Gasteiger partial charge in [0.25, 0.3) is 0 Å². The van der Waals surface area contributed by atoms with Crippen LogP contribution in [0.4, 0.5) is 0 Å². The van der Waals surface area contributed by atoms with Gasteiger partial charge in [0.1, 0.15) is 0 Å². The van der Waals surface area contributed by atoms with Crippen LogP contribution < -0.4 is 9.47 Å². The lowest BCUT2D eigenvalue weighted by Crippen LogP contribution is -2.07. The molecular formula is C12H14O3. The second-order valence-electron chi connectivity index (χ2n) is 4.44. The van der Waals surface area contributed by atoms with E-state index in [0.29, 0.717) is 0 Å². The van der Waals surface area contributed by atoms with Gasteiger partial charge in [-0.2, -0.15) is 0 Å². The monoisotopic (exact) mass is 206 g/mol. The van der Waals surface area contributed by atoms with Crippen molar-refractivity contribution in [1.82, 2.24) is 0 Å². The van der Waals surface area contributed by atoms with Gasteiger partial charge in [0.2, 0.25) is 6.79 Å². The number of ether oxygens (including phenoxy) is 2. The lowest BCUT2D eigenvalue weighted by Gasteiger charge is -2.15. The van der Waals surface area contributed by atoms with Crippen LogP contribution in [0.15, 0.2) is 6.07 Å². The Bertz CT molecular complexity index is 433. The van der Waals surface area contributed by atoms with Crippen LogP contribution in [-0.4, -0.2) is 11.9 Å². The fourth-order valence-electron chi connectivity index (χ4n) is 2.17. The highest BCUT2D eigenvalue weighted by atomic mass is 16.7. The first kappa shape index (κ1) is 9.04. The van der Waals surface area contributed by atoms with E-state index in [4.69, 9.17) is 9.47 Å². The zero-order valence-electron chi connectivity index (χ0n) is 8.96. The highest BCUT2D eigenvalue weighted by Crippen LogP contribution is 2.50. The van der Waals surface area contributed by atoms with Gasteiger partial charge in [-0.15, -0.1) is 0 Å². The van der Waals surface area contributed by atoms with Crippen molar-refractivity contribution in [2.75, 3.05) is 6.79 Å². The summed E-state index contributed by atoms with van der Waals surface area (Å²) in [6, 6.07) is 1.93. The van der Waals surface area contributed by atoms with Crippen molar-refractivity contribution in [2.45, 2.75) is 32.3 Å². The third-order valence-electron chi connectivity index (χ3n) is 3.45. The van der Waals surface area contributed by atoms with Crippen molar-refractivity contribution in [1.29, 1.82) is 0 Å². The molecule has 1 N–H and O–H groups in total. The molecular weight excluding hydrogens is 192 g/mol. The first-order valence-electron chi connectivity index (χ1n) is 5.24. The Morgan fingerprint density at radius 3 is 2.60 bits per heavy atom. The lowest BCUT2D eigenvalue weighted by molar-refractivity contribution is 0.150. The molecule has 0 bridgehead atoms. The summed E-state index contributed by atoms with van der Waals surface area (Å²) < 4.78 is 10.8. The summed E-state index contributed by atoms with van der Waals surface area (Å²) in [4.78, 5) is 0. The van der Waals surface area contributed by atoms with E-state index in [0.717, 1.165) is 41.0 Å². The number of aliphatic hydroxyl groups is 1. The Morgan fingerprint density at radius 1 is 1.20 bits per heavy atom. The minimum Gasteiger partial charge on any atom is -0.454 e. The van der Waals surface area contributed by atoms with Crippen LogP contribution in [0.25, 0.3) is 0 Å². The minimum atomic E-state index is -0.601. The van der Waals surface area contributed by atoms with Gasteiger partial charge in [-0.3, -0.25) is 0 Å². The zero-order valence-corrected chi connectivity index (χ0v) is 8.96. The highest BCUT2D eigenvalue weighted by molar-refractivity contribution is 5.56. The van der Waals surface area contributed by atoms with Crippen molar-refractivity contribution >= 4 is 0 Å². The summed E-state index contributed by atoms with van der Waals surface area (Å²) in [6.07, 6.45) is 1.71. The summed E-state index contributed by atoms with van der Waals surface area (Å²) in [5, 5.41) is 10.1. The third kappa shape index (κ3) is 1.16. The number of benzene rings is 1. The van der Waals surface area contributed by atoms with E-state index >= 15 is 0 Å². The number of rotatable bonds is 1. The van der Waals surface area contributed by atoms with Gasteiger partial charge in [-0.05, 0) is 49.4 Å². The molecule has 1 aliphatic carbocycles. The molecule has 80 valence electrons. The van der Waals surface area contributed by atoms with E-state index in [-0.39, 0.29) is 6.79 Å². The van der Waals surface area contributed by atoms with E-state index in [1.807, 2.05) is 19.9 Å². The van der Waals surface area contributed by atoms with Crippen molar-refractivity contribution in [2.24, 2.45) is 0 Å². The normalized spacial score (nSPS) is 20.5. The number of fused-ring (bicyclic) bond motifs is 1. The second-order valence-corrected chi connectivity index (χ2v) is 4.44. The average molecular weight is 206 g/mol. The fourth-order valence-corrected chi connectivity index (χ4v) is 2.17. The summed E-state index contributed by atoms with van der Waals surface area (Å²) >= 11 is 0. The zero-order chi connectivity index (χ0) is 10.6. The van der Waals surface area contributed by atoms with Crippen LogP contribution in [-0.2, 0) is 5.60 Å². The first-order chi connectivity index (χ1) is 7.12. The lowest BCUT2D eigenvalue weighted by atomic mass is 9.96. The summed E-state index contributed by atoms with van der Waals surface area (Å²) in [6.45, 7) is 4.33. The maximum atomic E-state index is 10.1. The van der Waals surface area contributed by atoms with Crippen molar-refractivity contribution in [3.05, 3.63) is 22.8 Å². The predicted octanol–water partition coefficient (Wildman–Crippen LogP) is 2.01. The molecule has 1 fully saturated rings. The molecule has 1 aromatic carbocycles. The molecule has 0 spiro atoms. The molecule has 1 aromatic rings. The van der Waals surface area contributed by atoms with Crippen LogP contribution >= 0.6 is 0 Å². The van der Waals surface area contributed by atoms with Gasteiger partial charge < -0.3 is 14.6 Å². The maximum absolute atomic E-state index is 10.1. The summed E-state index contributed by atoms with van der Waals surface area (Å²) in [7, 11) is 0. The standard InChI is InChI=1S/C12H14O3/c1-7-8(2)11-10(14-6-15-11)5-9(7)12(13)3-4-12/h5,13H,3-4,6H2,1-2H3. The van der Waals surface area contributed by atoms with E-state index in [1.54, 1.807) is 0 Å². The fraction of sp³-hybridized carbons (Fsp3) is 0.500. The Balaban J connectivity index is 2.20. The Morgan fingerprint density at radius 2 is 1.93 bits per heavy atom. The van der Waals surface area contributed by atoms with Gasteiger partial charge >= 0.3 is 0 Å². The average Bonchev–Trinajstić information content (AvgIpc) is 2.80. The van der Waals surface area contributed by atoms with Gasteiger partial charge in [0.05, 0.1) is 5.60 Å². The molecule has 0 atom stereocenters. The number of hydrogen-bond donors (Lipinski definition) is 1. The number of hydrogen-bond acceptors (Lipinski definition) is 3. The van der Waals surface area contributed by atoms with E-state index in [1.165, 1.54) is 0 Å². The topological polar surface area (TPSA) is 38.7 Å². The smallest absolute Gasteiger partial charge is 0.231 e. The summed E-state index contributed by atoms with van der Waals surface area (Å²) in [5.74, 6) is 1.61. The van der Waals surface area contributed by atoms with Crippen LogP contribution in [0.2, 0.25) is 0 Å². The maximum Gasteiger partial charge on any atom is 0.231 e. The Kier molecular flexibility index (Phi) is 1.61. The van der Waals surface area contributed by atoms with E-state index < -0.39 is 5.60 Å². The second kappa shape index (κ2) is 2.67. The molecule has 1 saturated carbocycles. The molecule has 0 saturated heterocycles. The molecule has 0 amide bonds. The molecule has 0 aromatic heterocycles. The SMILES string of the molecule is Cc1c(C2(O)CC2)cc2c(c1C)OCO2. The van der Waals surface area contributed by atoms with E-state index in [9.17, 15) is 5.11 Å².